The summed E-state index contributed by atoms with van der Waals surface area (Å²) >= 11 is 0. The van der Waals surface area contributed by atoms with Gasteiger partial charge in [0.05, 0.1) is 28.8 Å². The lowest BCUT2D eigenvalue weighted by molar-refractivity contribution is 0.666. The van der Waals surface area contributed by atoms with E-state index in [0.717, 1.165) is 79.4 Å². The van der Waals surface area contributed by atoms with E-state index in [4.69, 9.17) is 34.3 Å². The van der Waals surface area contributed by atoms with Crippen molar-refractivity contribution in [1.82, 2.24) is 29.9 Å². The Balaban J connectivity index is 1.10. The lowest BCUT2D eigenvalue weighted by atomic mass is 10.0. The number of hydrogen-bond donors (Lipinski definition) is 0. The standard InChI is InChI=1S/C40H26N6O/c1-3-11-26(12-4-1)38-44-39(27-13-5-2-6-14-27)46-40(45-38)29-16-9-15-28(20-29)34-21-30-31-23-41-35(22-36(31)47-37(30)24-42-34)33-19-18-25-10-7-8-17-32(25)43-33/h1-5,7-13,15-24H,6,14H2. The molecular weight excluding hydrogens is 580 g/mol. The number of hydrogen-bond acceptors (Lipinski definition) is 7. The van der Waals surface area contributed by atoms with E-state index in [1.165, 1.54) is 0 Å². The van der Waals surface area contributed by atoms with Crippen molar-refractivity contribution < 1.29 is 4.42 Å². The first kappa shape index (κ1) is 27.0. The molecule has 5 heterocycles. The first-order valence-corrected chi connectivity index (χ1v) is 15.6. The summed E-state index contributed by atoms with van der Waals surface area (Å²) < 4.78 is 6.24. The molecule has 7 heteroatoms. The van der Waals surface area contributed by atoms with E-state index in [-0.39, 0.29) is 0 Å². The zero-order chi connectivity index (χ0) is 31.2. The van der Waals surface area contributed by atoms with Crippen molar-refractivity contribution in [3.05, 3.63) is 140 Å². The lowest BCUT2D eigenvalue weighted by Gasteiger charge is -2.12. The fourth-order valence-corrected chi connectivity index (χ4v) is 6.05. The Morgan fingerprint density at radius 3 is 2.21 bits per heavy atom. The highest BCUT2D eigenvalue weighted by atomic mass is 16.3. The molecule has 0 aliphatic heterocycles. The Kier molecular flexibility index (Phi) is 6.45. The first-order chi connectivity index (χ1) is 23.2. The van der Waals surface area contributed by atoms with Crippen molar-refractivity contribution >= 4 is 38.4 Å². The maximum atomic E-state index is 6.24. The molecule has 0 atom stereocenters. The molecule has 3 aromatic carbocycles. The van der Waals surface area contributed by atoms with Gasteiger partial charge in [-0.05, 0) is 42.7 Å². The lowest BCUT2D eigenvalue weighted by Crippen LogP contribution is -2.03. The number of para-hydroxylation sites is 1. The fraction of sp³-hybridized carbons (Fsp3) is 0.0500. The van der Waals surface area contributed by atoms with E-state index in [1.807, 2.05) is 79.0 Å². The fourth-order valence-electron chi connectivity index (χ4n) is 6.05. The van der Waals surface area contributed by atoms with E-state index in [0.29, 0.717) is 23.1 Å². The van der Waals surface area contributed by atoms with Crippen LogP contribution in [0.5, 0.6) is 0 Å². The van der Waals surface area contributed by atoms with Crippen molar-refractivity contribution in [2.24, 2.45) is 0 Å². The molecule has 1 aliphatic carbocycles. The summed E-state index contributed by atoms with van der Waals surface area (Å²) in [5, 5.41) is 2.97. The molecule has 0 spiro atoms. The molecule has 8 aromatic rings. The summed E-state index contributed by atoms with van der Waals surface area (Å²) in [5.74, 6) is 1.99. The molecule has 9 rings (SSSR count). The first-order valence-electron chi connectivity index (χ1n) is 15.6. The molecule has 7 nitrogen and oxygen atoms in total. The Labute approximate surface area is 270 Å². The van der Waals surface area contributed by atoms with Crippen LogP contribution >= 0.6 is 0 Å². The second-order valence-corrected chi connectivity index (χ2v) is 11.5. The normalized spacial score (nSPS) is 13.0. The van der Waals surface area contributed by atoms with Crippen LogP contribution in [0.2, 0.25) is 0 Å². The van der Waals surface area contributed by atoms with Gasteiger partial charge in [0.2, 0.25) is 0 Å². The van der Waals surface area contributed by atoms with Gasteiger partial charge in [-0.15, -0.1) is 0 Å². The number of aromatic nitrogens is 6. The second kappa shape index (κ2) is 11.2. The summed E-state index contributed by atoms with van der Waals surface area (Å²) in [4.78, 5) is 29.1. The Morgan fingerprint density at radius 2 is 1.32 bits per heavy atom. The number of allylic oxidation sites excluding steroid dienone is 4. The number of fused-ring (bicyclic) bond motifs is 4. The van der Waals surface area contributed by atoms with Crippen LogP contribution in [0.4, 0.5) is 0 Å². The van der Waals surface area contributed by atoms with Gasteiger partial charge < -0.3 is 4.42 Å². The van der Waals surface area contributed by atoms with Gasteiger partial charge in [0.25, 0.3) is 0 Å². The molecule has 0 N–H and O–H groups in total. The van der Waals surface area contributed by atoms with Gasteiger partial charge in [-0.25, -0.2) is 19.9 Å². The average molecular weight is 607 g/mol. The summed E-state index contributed by atoms with van der Waals surface area (Å²) in [6.07, 6.45) is 11.8. The summed E-state index contributed by atoms with van der Waals surface area (Å²) in [7, 11) is 0. The van der Waals surface area contributed by atoms with Gasteiger partial charge in [0.1, 0.15) is 5.58 Å². The monoisotopic (exact) mass is 606 g/mol. The average Bonchev–Trinajstić information content (AvgIpc) is 3.52. The maximum absolute atomic E-state index is 6.24. The Hall–Kier alpha value is -6.34. The minimum Gasteiger partial charge on any atom is -0.454 e. The molecular formula is C40H26N6O. The molecule has 0 fully saturated rings. The molecule has 47 heavy (non-hydrogen) atoms. The van der Waals surface area contributed by atoms with Gasteiger partial charge in [-0.1, -0.05) is 91.0 Å². The molecule has 0 bridgehead atoms. The predicted molar refractivity (Wildman–Crippen MR) is 186 cm³/mol. The van der Waals surface area contributed by atoms with Crippen molar-refractivity contribution in [3.8, 4) is 45.4 Å². The van der Waals surface area contributed by atoms with Crippen LogP contribution in [0.3, 0.4) is 0 Å². The highest BCUT2D eigenvalue weighted by Crippen LogP contribution is 2.34. The highest BCUT2D eigenvalue weighted by Gasteiger charge is 2.16. The number of furan rings is 1. The van der Waals surface area contributed by atoms with Gasteiger partial charge in [-0.2, -0.15) is 0 Å². The number of pyridine rings is 3. The van der Waals surface area contributed by atoms with Crippen LogP contribution in [0.25, 0.3) is 83.8 Å². The largest absolute Gasteiger partial charge is 0.454 e. The topological polar surface area (TPSA) is 90.5 Å². The van der Waals surface area contributed by atoms with Gasteiger partial charge in [0, 0.05) is 45.1 Å². The number of benzene rings is 3. The molecule has 0 unspecified atom stereocenters. The molecule has 0 amide bonds. The Bertz CT molecular complexity index is 2530. The van der Waals surface area contributed by atoms with Crippen LogP contribution in [-0.2, 0) is 0 Å². The van der Waals surface area contributed by atoms with Crippen LogP contribution in [0, 0.1) is 0 Å². The van der Waals surface area contributed by atoms with E-state index >= 15 is 0 Å². The van der Waals surface area contributed by atoms with Crippen molar-refractivity contribution in [2.75, 3.05) is 0 Å². The van der Waals surface area contributed by atoms with E-state index in [2.05, 4.69) is 48.6 Å². The van der Waals surface area contributed by atoms with Crippen LogP contribution in [-0.4, -0.2) is 29.9 Å². The third kappa shape index (κ3) is 5.04. The van der Waals surface area contributed by atoms with Gasteiger partial charge in [-0.3, -0.25) is 9.97 Å². The van der Waals surface area contributed by atoms with Gasteiger partial charge >= 0.3 is 0 Å². The van der Waals surface area contributed by atoms with Crippen molar-refractivity contribution in [3.63, 3.8) is 0 Å². The zero-order valence-corrected chi connectivity index (χ0v) is 25.2. The molecule has 222 valence electrons. The Morgan fingerprint density at radius 1 is 0.532 bits per heavy atom. The minimum absolute atomic E-state index is 0.625. The summed E-state index contributed by atoms with van der Waals surface area (Å²) in [6, 6.07) is 34.4. The van der Waals surface area contributed by atoms with E-state index in [1.54, 1.807) is 6.20 Å². The zero-order valence-electron chi connectivity index (χ0n) is 25.2. The van der Waals surface area contributed by atoms with E-state index < -0.39 is 0 Å². The SMILES string of the molecule is C1=CCCC(c2nc(-c3ccccc3)nc(-c3cccc(-c4cc5c(cn4)oc4cc(-c6ccc7ccccc7n6)ncc45)c3)n2)=C1. The molecule has 1 aliphatic rings. The minimum atomic E-state index is 0.625. The van der Waals surface area contributed by atoms with Crippen LogP contribution < -0.4 is 0 Å². The molecule has 0 saturated heterocycles. The number of nitrogens with zero attached hydrogens (tertiary/aromatic N) is 6. The molecule has 0 saturated carbocycles. The number of rotatable bonds is 5. The third-order valence-electron chi connectivity index (χ3n) is 8.49. The van der Waals surface area contributed by atoms with Crippen LogP contribution in [0.15, 0.2) is 138 Å². The highest BCUT2D eigenvalue weighted by molar-refractivity contribution is 6.06. The van der Waals surface area contributed by atoms with E-state index in [9.17, 15) is 0 Å². The molecule has 0 radical (unpaired) electrons. The quantitative estimate of drug-likeness (QED) is 0.193. The maximum Gasteiger partial charge on any atom is 0.164 e. The summed E-state index contributed by atoms with van der Waals surface area (Å²) in [5.41, 5.74) is 8.66. The smallest absolute Gasteiger partial charge is 0.164 e. The third-order valence-corrected chi connectivity index (χ3v) is 8.49. The van der Waals surface area contributed by atoms with Gasteiger partial charge in [0.15, 0.2) is 23.1 Å². The van der Waals surface area contributed by atoms with Crippen LogP contribution in [0.1, 0.15) is 18.7 Å². The molecule has 5 aromatic heterocycles. The van der Waals surface area contributed by atoms with Crippen molar-refractivity contribution in [1.29, 1.82) is 0 Å². The van der Waals surface area contributed by atoms with Crippen molar-refractivity contribution in [2.45, 2.75) is 12.8 Å². The summed E-state index contributed by atoms with van der Waals surface area (Å²) in [6.45, 7) is 0. The second-order valence-electron chi connectivity index (χ2n) is 11.5. The predicted octanol–water partition coefficient (Wildman–Crippen LogP) is 9.51.